The molecule has 0 atom stereocenters. The van der Waals surface area contributed by atoms with Crippen LogP contribution in [0.3, 0.4) is 0 Å². The zero-order valence-electron chi connectivity index (χ0n) is 14.6. The molecule has 2 aromatic rings. The van der Waals surface area contributed by atoms with Crippen LogP contribution in [0, 0.1) is 0 Å². The average Bonchev–Trinajstić information content (AvgIpc) is 2.59. The predicted molar refractivity (Wildman–Crippen MR) is 102 cm³/mol. The van der Waals surface area contributed by atoms with Crippen molar-refractivity contribution in [3.05, 3.63) is 52.5 Å². The van der Waals surface area contributed by atoms with Crippen LogP contribution >= 0.6 is 15.9 Å². The van der Waals surface area contributed by atoms with Gasteiger partial charge in [-0.25, -0.2) is 4.79 Å². The smallest absolute Gasteiger partial charge is 0.489 e. The number of rotatable bonds is 8. The second kappa shape index (κ2) is 9.19. The molecule has 0 spiro atoms. The maximum atomic E-state index is 10.5. The monoisotopic (exact) mass is 421 g/mol. The molecule has 1 heterocycles. The summed E-state index contributed by atoms with van der Waals surface area (Å²) in [6, 6.07) is 8.96. The Balaban J connectivity index is 2.20. The van der Waals surface area contributed by atoms with Crippen molar-refractivity contribution in [2.24, 2.45) is 0 Å². The molecule has 0 fully saturated rings. The highest BCUT2D eigenvalue weighted by Crippen LogP contribution is 2.26. The summed E-state index contributed by atoms with van der Waals surface area (Å²) in [7, 11) is 0. The highest BCUT2D eigenvalue weighted by atomic mass is 79.9. The van der Waals surface area contributed by atoms with Crippen molar-refractivity contribution in [2.45, 2.75) is 20.4 Å². The number of anilines is 1. The minimum Gasteiger partial charge on any atom is -0.489 e. The van der Waals surface area contributed by atoms with Crippen LogP contribution < -0.4 is 14.4 Å². The summed E-state index contributed by atoms with van der Waals surface area (Å²) in [5.74, 6) is 1.31. The Bertz CT molecular complexity index is 781. The number of hydrogen-bond donors (Lipinski definition) is 1. The van der Waals surface area contributed by atoms with Gasteiger partial charge in [0, 0.05) is 29.2 Å². The van der Waals surface area contributed by atoms with Crippen molar-refractivity contribution < 1.29 is 19.4 Å². The van der Waals surface area contributed by atoms with Gasteiger partial charge in [0.25, 0.3) is 0 Å². The first-order chi connectivity index (χ1) is 12.4. The molecule has 26 heavy (non-hydrogen) atoms. The molecule has 0 saturated carbocycles. The fourth-order valence-electron chi connectivity index (χ4n) is 2.20. The number of ether oxygens (including phenoxy) is 2. The van der Waals surface area contributed by atoms with Crippen LogP contribution in [0.15, 0.2) is 47.0 Å². The third-order valence-electron chi connectivity index (χ3n) is 3.38. The molecule has 0 unspecified atom stereocenters. The summed E-state index contributed by atoms with van der Waals surface area (Å²) < 4.78 is 11.3. The van der Waals surface area contributed by atoms with Crippen LogP contribution in [0.1, 0.15) is 19.4 Å². The number of nitrogens with zero attached hydrogens (tertiary/aromatic N) is 3. The maximum absolute atomic E-state index is 10.5. The van der Waals surface area contributed by atoms with Gasteiger partial charge in [-0.3, -0.25) is 0 Å². The number of aromatic nitrogens is 2. The van der Waals surface area contributed by atoms with Crippen LogP contribution in [0.2, 0.25) is 0 Å². The van der Waals surface area contributed by atoms with Gasteiger partial charge in [0.05, 0.1) is 0 Å². The van der Waals surface area contributed by atoms with Crippen LogP contribution in [0.4, 0.5) is 10.6 Å². The minimum absolute atomic E-state index is 0.0646. The van der Waals surface area contributed by atoms with Crippen molar-refractivity contribution in [3.63, 3.8) is 0 Å². The van der Waals surface area contributed by atoms with Gasteiger partial charge in [0.15, 0.2) is 5.82 Å². The SMILES string of the molecule is C=C(C)COc1ccc(Br)cc1CN(CC)c1ccc(OC(=O)O)nn1. The molecule has 1 aromatic heterocycles. The van der Waals surface area contributed by atoms with Crippen molar-refractivity contribution in [1.82, 2.24) is 10.2 Å². The van der Waals surface area contributed by atoms with E-state index >= 15 is 0 Å². The first kappa shape index (κ1) is 19.7. The summed E-state index contributed by atoms with van der Waals surface area (Å²) in [5, 5.41) is 16.4. The maximum Gasteiger partial charge on any atom is 0.512 e. The van der Waals surface area contributed by atoms with Crippen molar-refractivity contribution in [1.29, 1.82) is 0 Å². The molecule has 0 saturated heterocycles. The van der Waals surface area contributed by atoms with Crippen LogP contribution in [-0.2, 0) is 6.54 Å². The van der Waals surface area contributed by atoms with E-state index in [1.165, 1.54) is 6.07 Å². The largest absolute Gasteiger partial charge is 0.512 e. The summed E-state index contributed by atoms with van der Waals surface area (Å²) in [6.45, 7) is 9.44. The normalized spacial score (nSPS) is 10.3. The van der Waals surface area contributed by atoms with Crippen LogP contribution in [-0.4, -0.2) is 34.6 Å². The van der Waals surface area contributed by atoms with Gasteiger partial charge in [0.2, 0.25) is 5.88 Å². The Labute approximate surface area is 160 Å². The summed E-state index contributed by atoms with van der Waals surface area (Å²) in [4.78, 5) is 12.5. The first-order valence-corrected chi connectivity index (χ1v) is 8.73. The zero-order chi connectivity index (χ0) is 19.1. The number of halogens is 1. The van der Waals surface area contributed by atoms with Gasteiger partial charge in [0.1, 0.15) is 12.4 Å². The van der Waals surface area contributed by atoms with Crippen LogP contribution in [0.25, 0.3) is 0 Å². The van der Waals surface area contributed by atoms with Gasteiger partial charge >= 0.3 is 6.16 Å². The van der Waals surface area contributed by atoms with E-state index in [4.69, 9.17) is 9.84 Å². The first-order valence-electron chi connectivity index (χ1n) is 7.94. The lowest BCUT2D eigenvalue weighted by Gasteiger charge is -2.23. The highest BCUT2D eigenvalue weighted by Gasteiger charge is 2.13. The Kier molecular flexibility index (Phi) is 6.97. The molecule has 1 N–H and O–H groups in total. The molecule has 7 nitrogen and oxygen atoms in total. The summed E-state index contributed by atoms with van der Waals surface area (Å²) >= 11 is 3.49. The third-order valence-corrected chi connectivity index (χ3v) is 3.87. The average molecular weight is 422 g/mol. The second-order valence-electron chi connectivity index (χ2n) is 5.61. The minimum atomic E-state index is -1.42. The Morgan fingerprint density at radius 2 is 2.08 bits per heavy atom. The Hall–Kier alpha value is -2.61. The lowest BCUT2D eigenvalue weighted by molar-refractivity contribution is 0.142. The topological polar surface area (TPSA) is 84.8 Å². The third kappa shape index (κ3) is 5.73. The number of carbonyl (C=O) groups is 1. The fraction of sp³-hybridized carbons (Fsp3) is 0.278. The van der Waals surface area contributed by atoms with Gasteiger partial charge in [-0.05, 0) is 43.7 Å². The summed E-state index contributed by atoms with van der Waals surface area (Å²) in [6.07, 6.45) is -1.42. The summed E-state index contributed by atoms with van der Waals surface area (Å²) in [5.41, 5.74) is 1.92. The molecule has 1 aromatic carbocycles. The molecule has 0 radical (unpaired) electrons. The quantitative estimate of drug-likeness (QED) is 0.502. The van der Waals surface area contributed by atoms with Crippen molar-refractivity contribution in [3.8, 4) is 11.6 Å². The van der Waals surface area contributed by atoms with E-state index in [1.807, 2.05) is 36.9 Å². The van der Waals surface area contributed by atoms with E-state index in [-0.39, 0.29) is 5.88 Å². The lowest BCUT2D eigenvalue weighted by Crippen LogP contribution is -2.24. The fourth-order valence-corrected chi connectivity index (χ4v) is 2.61. The Morgan fingerprint density at radius 1 is 1.31 bits per heavy atom. The second-order valence-corrected chi connectivity index (χ2v) is 6.53. The van der Waals surface area contributed by atoms with E-state index in [1.54, 1.807) is 6.07 Å². The van der Waals surface area contributed by atoms with Crippen molar-refractivity contribution in [2.75, 3.05) is 18.1 Å². The lowest BCUT2D eigenvalue weighted by atomic mass is 10.2. The molecular weight excluding hydrogens is 402 g/mol. The molecule has 0 amide bonds. The Morgan fingerprint density at radius 3 is 2.65 bits per heavy atom. The predicted octanol–water partition coefficient (Wildman–Crippen LogP) is 4.28. The number of hydrogen-bond acceptors (Lipinski definition) is 6. The van der Waals surface area contributed by atoms with Gasteiger partial charge < -0.3 is 19.5 Å². The standard InChI is InChI=1S/C18H20BrN3O4/c1-4-22(16-7-8-17(21-20-16)26-18(23)24)10-13-9-14(19)5-6-15(13)25-11-12(2)3/h5-9H,2,4,10-11H2,1,3H3,(H,23,24). The van der Waals surface area contributed by atoms with E-state index in [2.05, 4.69) is 37.4 Å². The van der Waals surface area contributed by atoms with Gasteiger partial charge in [-0.2, -0.15) is 0 Å². The highest BCUT2D eigenvalue weighted by molar-refractivity contribution is 9.10. The molecule has 0 aliphatic heterocycles. The van der Waals surface area contributed by atoms with E-state index in [0.29, 0.717) is 25.5 Å². The molecule has 2 rings (SSSR count). The van der Waals surface area contributed by atoms with Crippen LogP contribution in [0.5, 0.6) is 11.6 Å². The van der Waals surface area contributed by atoms with Gasteiger partial charge in [-0.1, -0.05) is 22.5 Å². The zero-order valence-corrected chi connectivity index (χ0v) is 16.2. The number of benzene rings is 1. The van der Waals surface area contributed by atoms with E-state index < -0.39 is 6.16 Å². The van der Waals surface area contributed by atoms with Crippen molar-refractivity contribution >= 4 is 27.9 Å². The molecule has 0 aliphatic rings. The van der Waals surface area contributed by atoms with E-state index in [9.17, 15) is 4.79 Å². The van der Waals surface area contributed by atoms with Gasteiger partial charge in [-0.15, -0.1) is 10.2 Å². The molecule has 0 aliphatic carbocycles. The molecule has 0 bridgehead atoms. The molecule has 138 valence electrons. The molecular formula is C18H20BrN3O4. The molecule has 8 heteroatoms. The van der Waals surface area contributed by atoms with E-state index in [0.717, 1.165) is 21.4 Å². The number of carboxylic acid groups (broad SMARTS) is 1.